The van der Waals surface area contributed by atoms with Crippen LogP contribution in [0.3, 0.4) is 0 Å². The van der Waals surface area contributed by atoms with Gasteiger partial charge in [-0.15, -0.1) is 0 Å². The van der Waals surface area contributed by atoms with Gasteiger partial charge in [-0.05, 0) is 38.1 Å². The van der Waals surface area contributed by atoms with E-state index in [4.69, 9.17) is 26.7 Å². The Kier molecular flexibility index (Phi) is 8.35. The minimum absolute atomic E-state index is 0.00113. The molecule has 0 spiro atoms. The number of methoxy groups -OCH3 is 1. The third-order valence-electron chi connectivity index (χ3n) is 4.94. The van der Waals surface area contributed by atoms with E-state index in [1.807, 2.05) is 6.92 Å². The van der Waals surface area contributed by atoms with Crippen molar-refractivity contribution >= 4 is 29.0 Å². The first-order valence-electron chi connectivity index (χ1n) is 11.0. The third kappa shape index (κ3) is 6.95. The molecule has 2 aromatic heterocycles. The lowest BCUT2D eigenvalue weighted by Gasteiger charge is -2.17. The van der Waals surface area contributed by atoms with Gasteiger partial charge in [0.15, 0.2) is 5.75 Å². The molecule has 0 aliphatic heterocycles. The minimum atomic E-state index is -4.66. The molecule has 14 heteroatoms. The molecule has 0 aliphatic rings. The summed E-state index contributed by atoms with van der Waals surface area (Å²) in [5.41, 5.74) is 17.1. The number of benzene rings is 1. The number of nitrogens with one attached hydrogen (secondary N) is 2. The number of pyridine rings is 1. The molecule has 2 atom stereocenters. The van der Waals surface area contributed by atoms with Crippen LogP contribution in [-0.2, 0) is 15.7 Å². The van der Waals surface area contributed by atoms with Crippen LogP contribution in [-0.4, -0.2) is 46.7 Å². The van der Waals surface area contributed by atoms with Gasteiger partial charge in [-0.3, -0.25) is 4.79 Å². The Bertz CT molecular complexity index is 1270. The Morgan fingerprint density at radius 2 is 1.84 bits per heavy atom. The van der Waals surface area contributed by atoms with Crippen molar-refractivity contribution in [3.8, 4) is 22.9 Å². The predicted molar refractivity (Wildman–Crippen MR) is 133 cm³/mol. The van der Waals surface area contributed by atoms with Gasteiger partial charge in [0.25, 0.3) is 0 Å². The number of ether oxygens (including phenoxy) is 2. The van der Waals surface area contributed by atoms with E-state index in [1.165, 1.54) is 20.1 Å². The topological polar surface area (TPSA) is 176 Å². The number of alkyl halides is 3. The molecule has 0 bridgehead atoms. The van der Waals surface area contributed by atoms with E-state index in [-0.39, 0.29) is 52.1 Å². The van der Waals surface area contributed by atoms with E-state index in [0.29, 0.717) is 6.61 Å². The molecule has 0 saturated heterocycles. The number of nitrogens with zero attached hydrogens (tertiary/aromatic N) is 3. The summed E-state index contributed by atoms with van der Waals surface area (Å²) in [6.07, 6.45) is -4.66. The molecule has 3 aromatic rings. The van der Waals surface area contributed by atoms with Crippen LogP contribution in [0.1, 0.15) is 19.5 Å². The van der Waals surface area contributed by atoms with Gasteiger partial charge in [0.2, 0.25) is 17.7 Å². The highest BCUT2D eigenvalue weighted by atomic mass is 19.4. The van der Waals surface area contributed by atoms with Gasteiger partial charge in [0.1, 0.15) is 11.5 Å². The van der Waals surface area contributed by atoms with Crippen LogP contribution in [0.25, 0.3) is 11.3 Å². The van der Waals surface area contributed by atoms with Crippen LogP contribution < -0.4 is 32.6 Å². The zero-order valence-corrected chi connectivity index (χ0v) is 20.3. The fourth-order valence-electron chi connectivity index (χ4n) is 3.14. The van der Waals surface area contributed by atoms with E-state index < -0.39 is 23.8 Å². The second-order valence-corrected chi connectivity index (χ2v) is 8.14. The molecule has 1 aromatic carbocycles. The van der Waals surface area contributed by atoms with Crippen molar-refractivity contribution in [2.24, 2.45) is 5.73 Å². The molecule has 0 radical (unpaired) electrons. The van der Waals surface area contributed by atoms with Gasteiger partial charge >= 0.3 is 6.18 Å². The highest BCUT2D eigenvalue weighted by molar-refractivity contribution is 5.97. The molecule has 0 fully saturated rings. The average Bonchev–Trinajstić information content (AvgIpc) is 2.80. The van der Waals surface area contributed by atoms with Gasteiger partial charge in [-0.2, -0.15) is 18.2 Å². The van der Waals surface area contributed by atoms with Crippen molar-refractivity contribution in [3.05, 3.63) is 42.1 Å². The predicted octanol–water partition coefficient (Wildman–Crippen LogP) is 3.25. The SMILES string of the molecule is COC[C@H](C)Nc1nc(Oc2cccc(NC(=O)C(C)N)c2N)cc(-c2ccc(C(F)(F)F)nc2N)n1. The summed E-state index contributed by atoms with van der Waals surface area (Å²) < 4.78 is 50.2. The maximum absolute atomic E-state index is 13.1. The van der Waals surface area contributed by atoms with Crippen LogP contribution in [0, 0.1) is 0 Å². The Balaban J connectivity index is 2.02. The first-order chi connectivity index (χ1) is 17.4. The van der Waals surface area contributed by atoms with E-state index in [0.717, 1.165) is 12.1 Å². The molecule has 198 valence electrons. The van der Waals surface area contributed by atoms with E-state index in [9.17, 15) is 18.0 Å². The normalized spacial score (nSPS) is 13.1. The summed E-state index contributed by atoms with van der Waals surface area (Å²) in [7, 11) is 1.53. The van der Waals surface area contributed by atoms with Crippen LogP contribution >= 0.6 is 0 Å². The maximum Gasteiger partial charge on any atom is 0.433 e. The van der Waals surface area contributed by atoms with E-state index in [2.05, 4.69) is 25.6 Å². The Morgan fingerprint density at radius 1 is 1.11 bits per heavy atom. The fourth-order valence-corrected chi connectivity index (χ4v) is 3.14. The lowest BCUT2D eigenvalue weighted by Crippen LogP contribution is -2.32. The number of aromatic nitrogens is 3. The van der Waals surface area contributed by atoms with Gasteiger partial charge in [0.05, 0.1) is 29.7 Å². The average molecular weight is 521 g/mol. The highest BCUT2D eigenvalue weighted by Gasteiger charge is 2.33. The number of nitrogen functional groups attached to an aromatic ring is 2. The molecule has 11 nitrogen and oxygen atoms in total. The quantitative estimate of drug-likeness (QED) is 0.263. The summed E-state index contributed by atoms with van der Waals surface area (Å²) in [6, 6.07) is 7.07. The molecule has 1 unspecified atom stereocenters. The molecule has 1 amide bonds. The monoisotopic (exact) mass is 520 g/mol. The number of rotatable bonds is 9. The lowest BCUT2D eigenvalue weighted by atomic mass is 10.1. The van der Waals surface area contributed by atoms with Gasteiger partial charge in [-0.1, -0.05) is 6.07 Å². The first-order valence-corrected chi connectivity index (χ1v) is 11.0. The third-order valence-corrected chi connectivity index (χ3v) is 4.94. The summed E-state index contributed by atoms with van der Waals surface area (Å²) >= 11 is 0. The van der Waals surface area contributed by atoms with Gasteiger partial charge < -0.3 is 37.3 Å². The van der Waals surface area contributed by atoms with Gasteiger partial charge in [0, 0.05) is 24.8 Å². The number of carbonyl (C=O) groups excluding carboxylic acids is 1. The standard InChI is InChI=1S/C23H27F3N8O3/c1-11(10-36-3)30-22-32-15(13-7-8-17(23(24,25)26)33-20(13)29)9-18(34-22)37-16-6-4-5-14(19(16)28)31-21(35)12(2)27/h4-9,11-12H,10,27-28H2,1-3H3,(H2,29,33)(H,31,35)(H,30,32,34)/t11-,12?/m0/s1. The smallest absolute Gasteiger partial charge is 0.433 e. The second-order valence-electron chi connectivity index (χ2n) is 8.14. The summed E-state index contributed by atoms with van der Waals surface area (Å²) in [6.45, 7) is 3.66. The minimum Gasteiger partial charge on any atom is -0.437 e. The lowest BCUT2D eigenvalue weighted by molar-refractivity contribution is -0.141. The van der Waals surface area contributed by atoms with Crippen molar-refractivity contribution in [3.63, 3.8) is 0 Å². The second kappa shape index (κ2) is 11.3. The van der Waals surface area contributed by atoms with Crippen molar-refractivity contribution < 1.29 is 27.4 Å². The zero-order chi connectivity index (χ0) is 27.3. The number of nitrogens with two attached hydrogens (primary N) is 3. The largest absolute Gasteiger partial charge is 0.437 e. The number of carbonyl (C=O) groups is 1. The number of halogens is 3. The highest BCUT2D eigenvalue weighted by Crippen LogP contribution is 2.36. The van der Waals surface area contributed by atoms with Crippen molar-refractivity contribution in [2.45, 2.75) is 32.1 Å². The molecule has 37 heavy (non-hydrogen) atoms. The van der Waals surface area contributed by atoms with Crippen molar-refractivity contribution in [2.75, 3.05) is 35.8 Å². The summed E-state index contributed by atoms with van der Waals surface area (Å²) in [5, 5.41) is 5.63. The number of amides is 1. The van der Waals surface area contributed by atoms with Crippen LogP contribution in [0.5, 0.6) is 11.6 Å². The Hall–Kier alpha value is -4.17. The van der Waals surface area contributed by atoms with E-state index in [1.54, 1.807) is 18.2 Å². The van der Waals surface area contributed by atoms with Crippen LogP contribution in [0.4, 0.5) is 36.3 Å². The maximum atomic E-state index is 13.1. The molecule has 2 heterocycles. The number of para-hydroxylation sites is 1. The molecule has 0 saturated carbocycles. The van der Waals surface area contributed by atoms with Crippen LogP contribution in [0.2, 0.25) is 0 Å². The number of anilines is 4. The van der Waals surface area contributed by atoms with Crippen molar-refractivity contribution in [1.82, 2.24) is 15.0 Å². The molecule has 3 rings (SSSR count). The molecular formula is C23H27F3N8O3. The summed E-state index contributed by atoms with van der Waals surface area (Å²) in [5.74, 6) is -0.579. The summed E-state index contributed by atoms with van der Waals surface area (Å²) in [4.78, 5) is 24.1. The zero-order valence-electron chi connectivity index (χ0n) is 20.3. The number of hydrogen-bond acceptors (Lipinski definition) is 10. The van der Waals surface area contributed by atoms with Gasteiger partial charge in [-0.25, -0.2) is 9.97 Å². The Morgan fingerprint density at radius 3 is 2.46 bits per heavy atom. The first kappa shape index (κ1) is 27.4. The van der Waals surface area contributed by atoms with Crippen molar-refractivity contribution in [1.29, 1.82) is 0 Å². The fraction of sp³-hybridized carbons (Fsp3) is 0.304. The molecular weight excluding hydrogens is 493 g/mol. The van der Waals surface area contributed by atoms with E-state index >= 15 is 0 Å². The molecule has 0 aliphatic carbocycles. The number of hydrogen-bond donors (Lipinski definition) is 5. The van der Waals surface area contributed by atoms with Crippen LogP contribution in [0.15, 0.2) is 36.4 Å². The molecule has 8 N–H and O–H groups in total. The Labute approximate surface area is 210 Å².